The first kappa shape index (κ1) is 18.4. The van der Waals surface area contributed by atoms with Gasteiger partial charge in [0, 0.05) is 11.7 Å². The minimum absolute atomic E-state index is 0.0366. The predicted molar refractivity (Wildman–Crippen MR) is 108 cm³/mol. The third-order valence-electron chi connectivity index (χ3n) is 4.96. The Kier molecular flexibility index (Phi) is 5.60. The maximum Gasteiger partial charge on any atom is 0.274 e. The van der Waals surface area contributed by atoms with Gasteiger partial charge in [-0.1, -0.05) is 58.2 Å². The number of hydrogen-bond donors (Lipinski definition) is 2. The van der Waals surface area contributed by atoms with Crippen molar-refractivity contribution in [1.29, 1.82) is 0 Å². The van der Waals surface area contributed by atoms with Crippen molar-refractivity contribution in [3.8, 4) is 0 Å². The molecule has 1 aliphatic carbocycles. The standard InChI is InChI=1S/C22H29N3O/c1-22(2,3)18-11-7-8-12-19(18)25-21(26)20-14-13-17(15-23-20)24-16-9-5-4-6-10-16/h7-8,11-16,24H,4-6,9-10H2,1-3H3,(H,25,26). The van der Waals surface area contributed by atoms with E-state index < -0.39 is 0 Å². The summed E-state index contributed by atoms with van der Waals surface area (Å²) >= 11 is 0. The highest BCUT2D eigenvalue weighted by atomic mass is 16.1. The third kappa shape index (κ3) is 4.63. The Hall–Kier alpha value is -2.36. The maximum atomic E-state index is 12.6. The van der Waals surface area contributed by atoms with Gasteiger partial charge in [-0.25, -0.2) is 4.98 Å². The van der Waals surface area contributed by atoms with Crippen LogP contribution in [0.4, 0.5) is 11.4 Å². The fourth-order valence-electron chi connectivity index (χ4n) is 3.53. The molecule has 1 aliphatic rings. The molecular weight excluding hydrogens is 322 g/mol. The van der Waals surface area contributed by atoms with Gasteiger partial charge in [-0.2, -0.15) is 0 Å². The second-order valence-electron chi connectivity index (χ2n) is 8.16. The summed E-state index contributed by atoms with van der Waals surface area (Å²) in [6, 6.07) is 12.2. The van der Waals surface area contributed by atoms with Crippen LogP contribution in [0, 0.1) is 0 Å². The molecule has 0 radical (unpaired) electrons. The van der Waals surface area contributed by atoms with Crippen molar-refractivity contribution in [2.45, 2.75) is 64.3 Å². The smallest absolute Gasteiger partial charge is 0.274 e. The first-order valence-corrected chi connectivity index (χ1v) is 9.57. The van der Waals surface area contributed by atoms with Gasteiger partial charge in [0.1, 0.15) is 5.69 Å². The first-order valence-electron chi connectivity index (χ1n) is 9.57. The molecule has 1 amide bonds. The molecule has 1 fully saturated rings. The first-order chi connectivity index (χ1) is 12.4. The van der Waals surface area contributed by atoms with Crippen molar-refractivity contribution in [3.63, 3.8) is 0 Å². The van der Waals surface area contributed by atoms with Crippen LogP contribution < -0.4 is 10.6 Å². The summed E-state index contributed by atoms with van der Waals surface area (Å²) in [4.78, 5) is 17.0. The van der Waals surface area contributed by atoms with Crippen LogP contribution in [-0.2, 0) is 5.41 Å². The summed E-state index contributed by atoms with van der Waals surface area (Å²) in [7, 11) is 0. The number of carbonyl (C=O) groups excluding carboxylic acids is 1. The summed E-state index contributed by atoms with van der Waals surface area (Å²) in [6.45, 7) is 6.42. The number of nitrogens with one attached hydrogen (secondary N) is 2. The van der Waals surface area contributed by atoms with Crippen LogP contribution >= 0.6 is 0 Å². The van der Waals surface area contributed by atoms with Gasteiger partial charge >= 0.3 is 0 Å². The lowest BCUT2D eigenvalue weighted by atomic mass is 9.86. The van der Waals surface area contributed by atoms with Crippen LogP contribution in [0.15, 0.2) is 42.6 Å². The van der Waals surface area contributed by atoms with Crippen molar-refractivity contribution in [2.24, 2.45) is 0 Å². The van der Waals surface area contributed by atoms with E-state index in [-0.39, 0.29) is 11.3 Å². The highest BCUT2D eigenvalue weighted by Crippen LogP contribution is 2.29. The number of benzene rings is 1. The Morgan fingerprint density at radius 2 is 1.77 bits per heavy atom. The number of hydrogen-bond acceptors (Lipinski definition) is 3. The highest BCUT2D eigenvalue weighted by molar-refractivity contribution is 6.03. The molecule has 1 aromatic heterocycles. The highest BCUT2D eigenvalue weighted by Gasteiger charge is 2.19. The van der Waals surface area contributed by atoms with Crippen LogP contribution in [0.1, 0.15) is 68.9 Å². The van der Waals surface area contributed by atoms with E-state index in [1.807, 2.05) is 24.3 Å². The maximum absolute atomic E-state index is 12.6. The van der Waals surface area contributed by atoms with E-state index in [0.717, 1.165) is 16.9 Å². The molecule has 0 bridgehead atoms. The van der Waals surface area contributed by atoms with E-state index in [4.69, 9.17) is 0 Å². The molecule has 1 saturated carbocycles. The number of nitrogens with zero attached hydrogens (tertiary/aromatic N) is 1. The third-order valence-corrected chi connectivity index (χ3v) is 4.96. The Balaban J connectivity index is 1.67. The molecule has 26 heavy (non-hydrogen) atoms. The van der Waals surface area contributed by atoms with Gasteiger partial charge in [-0.05, 0) is 42.0 Å². The monoisotopic (exact) mass is 351 g/mol. The average molecular weight is 351 g/mol. The van der Waals surface area contributed by atoms with Crippen molar-refractivity contribution in [2.75, 3.05) is 10.6 Å². The van der Waals surface area contributed by atoms with E-state index in [9.17, 15) is 4.79 Å². The second-order valence-corrected chi connectivity index (χ2v) is 8.16. The van der Waals surface area contributed by atoms with Crippen molar-refractivity contribution >= 4 is 17.3 Å². The van der Waals surface area contributed by atoms with E-state index in [1.165, 1.54) is 32.1 Å². The van der Waals surface area contributed by atoms with Gasteiger partial charge in [0.25, 0.3) is 5.91 Å². The van der Waals surface area contributed by atoms with Gasteiger partial charge in [0.05, 0.1) is 11.9 Å². The normalized spacial score (nSPS) is 15.5. The Labute approximate surface area is 156 Å². The van der Waals surface area contributed by atoms with Crippen molar-refractivity contribution < 1.29 is 4.79 Å². The van der Waals surface area contributed by atoms with Crippen LogP contribution in [0.3, 0.4) is 0 Å². The van der Waals surface area contributed by atoms with Crippen LogP contribution in [0.25, 0.3) is 0 Å². The molecule has 0 atom stereocenters. The molecule has 0 unspecified atom stereocenters. The molecule has 0 spiro atoms. The lowest BCUT2D eigenvalue weighted by Gasteiger charge is -2.24. The molecule has 0 saturated heterocycles. The Bertz CT molecular complexity index is 741. The number of anilines is 2. The van der Waals surface area contributed by atoms with Gasteiger partial charge in [0.15, 0.2) is 0 Å². The van der Waals surface area contributed by atoms with E-state index in [0.29, 0.717) is 11.7 Å². The average Bonchev–Trinajstić information content (AvgIpc) is 2.63. The zero-order valence-electron chi connectivity index (χ0n) is 16.0. The molecule has 0 aliphatic heterocycles. The molecule has 2 N–H and O–H groups in total. The summed E-state index contributed by atoms with van der Waals surface area (Å²) in [5, 5.41) is 6.54. The van der Waals surface area contributed by atoms with E-state index >= 15 is 0 Å². The Morgan fingerprint density at radius 3 is 2.42 bits per heavy atom. The quantitative estimate of drug-likeness (QED) is 0.778. The molecule has 138 valence electrons. The van der Waals surface area contributed by atoms with Gasteiger partial charge in [-0.15, -0.1) is 0 Å². The fourth-order valence-corrected chi connectivity index (χ4v) is 3.53. The fraction of sp³-hybridized carbons (Fsp3) is 0.455. The molecule has 4 heteroatoms. The van der Waals surface area contributed by atoms with Crippen LogP contribution in [-0.4, -0.2) is 16.9 Å². The lowest BCUT2D eigenvalue weighted by molar-refractivity contribution is 0.102. The summed E-state index contributed by atoms with van der Waals surface area (Å²) < 4.78 is 0. The zero-order valence-corrected chi connectivity index (χ0v) is 16.0. The predicted octanol–water partition coefficient (Wildman–Crippen LogP) is 5.38. The molecule has 1 aromatic carbocycles. The lowest BCUT2D eigenvalue weighted by Crippen LogP contribution is -2.22. The molecular formula is C22H29N3O. The summed E-state index contributed by atoms with van der Waals surface area (Å²) in [5.41, 5.74) is 3.34. The number of carbonyl (C=O) groups is 1. The number of rotatable bonds is 4. The number of pyridine rings is 1. The zero-order chi connectivity index (χ0) is 18.6. The minimum Gasteiger partial charge on any atom is -0.381 e. The molecule has 3 rings (SSSR count). The second kappa shape index (κ2) is 7.90. The number of amides is 1. The SMILES string of the molecule is CC(C)(C)c1ccccc1NC(=O)c1ccc(NC2CCCCC2)cn1. The largest absolute Gasteiger partial charge is 0.381 e. The van der Waals surface area contributed by atoms with Crippen molar-refractivity contribution in [1.82, 2.24) is 4.98 Å². The Morgan fingerprint density at radius 1 is 1.04 bits per heavy atom. The van der Waals surface area contributed by atoms with Gasteiger partial charge in [0.2, 0.25) is 0 Å². The summed E-state index contributed by atoms with van der Waals surface area (Å²) in [6.07, 6.45) is 8.11. The molecule has 2 aromatic rings. The number of para-hydroxylation sites is 1. The van der Waals surface area contributed by atoms with Crippen LogP contribution in [0.2, 0.25) is 0 Å². The van der Waals surface area contributed by atoms with E-state index in [1.54, 1.807) is 12.3 Å². The minimum atomic E-state index is -0.175. The topological polar surface area (TPSA) is 54.0 Å². The molecule has 4 nitrogen and oxygen atoms in total. The van der Waals surface area contributed by atoms with Crippen LogP contribution in [0.5, 0.6) is 0 Å². The van der Waals surface area contributed by atoms with Crippen molar-refractivity contribution in [3.05, 3.63) is 53.9 Å². The summed E-state index contributed by atoms with van der Waals surface area (Å²) in [5.74, 6) is -0.175. The van der Waals surface area contributed by atoms with Gasteiger partial charge < -0.3 is 10.6 Å². The molecule has 1 heterocycles. The van der Waals surface area contributed by atoms with E-state index in [2.05, 4.69) is 42.5 Å². The van der Waals surface area contributed by atoms with Gasteiger partial charge in [-0.3, -0.25) is 4.79 Å². The number of aromatic nitrogens is 1.